The van der Waals surface area contributed by atoms with E-state index >= 15 is 0 Å². The maximum atomic E-state index is 11.6. The molecule has 0 bridgehead atoms. The highest BCUT2D eigenvalue weighted by atomic mass is 16.4. The number of carbonyl (C=O) groups is 3. The molecule has 7 heteroatoms. The molecule has 0 aliphatic heterocycles. The molecule has 3 amide bonds. The Balaban J connectivity index is 4.04. The van der Waals surface area contributed by atoms with Crippen LogP contribution in [0.3, 0.4) is 0 Å². The number of amides is 3. The number of carboxylic acids is 1. The van der Waals surface area contributed by atoms with Gasteiger partial charge < -0.3 is 10.4 Å². The highest BCUT2D eigenvalue weighted by Gasteiger charge is 2.14. The first-order valence-electron chi connectivity index (χ1n) is 6.87. The average Bonchev–Trinajstić information content (AvgIpc) is 2.27. The minimum absolute atomic E-state index is 0.0995. The fourth-order valence-corrected chi connectivity index (χ4v) is 1.61. The molecule has 0 aromatic rings. The standard InChI is InChI=1S/C13H25N3O4/c1-4-7-16(9-12(18)19)8-11(17)15-13(20)14-6-5-10(2)3/h10H,4-9H2,1-3H3,(H,18,19)(H2,14,15,17,20). The van der Waals surface area contributed by atoms with Crippen LogP contribution < -0.4 is 10.6 Å². The minimum atomic E-state index is -0.993. The number of rotatable bonds is 9. The maximum absolute atomic E-state index is 11.6. The molecule has 116 valence electrons. The molecule has 0 fully saturated rings. The Morgan fingerprint density at radius 3 is 2.35 bits per heavy atom. The number of hydrogen-bond acceptors (Lipinski definition) is 4. The Morgan fingerprint density at radius 1 is 1.20 bits per heavy atom. The number of nitrogens with one attached hydrogen (secondary N) is 2. The number of imide groups is 1. The van der Waals surface area contributed by atoms with Crippen molar-refractivity contribution < 1.29 is 19.5 Å². The van der Waals surface area contributed by atoms with Gasteiger partial charge in [0.1, 0.15) is 0 Å². The second-order valence-corrected chi connectivity index (χ2v) is 5.09. The van der Waals surface area contributed by atoms with Crippen molar-refractivity contribution in [2.45, 2.75) is 33.6 Å². The average molecular weight is 287 g/mol. The van der Waals surface area contributed by atoms with Crippen LogP contribution >= 0.6 is 0 Å². The number of urea groups is 1. The van der Waals surface area contributed by atoms with E-state index in [1.54, 1.807) is 0 Å². The topological polar surface area (TPSA) is 98.7 Å². The Hall–Kier alpha value is -1.63. The van der Waals surface area contributed by atoms with Gasteiger partial charge in [-0.05, 0) is 25.3 Å². The van der Waals surface area contributed by atoms with E-state index in [9.17, 15) is 14.4 Å². The largest absolute Gasteiger partial charge is 0.480 e. The summed E-state index contributed by atoms with van der Waals surface area (Å²) in [6.07, 6.45) is 1.57. The molecular formula is C13H25N3O4. The van der Waals surface area contributed by atoms with Crippen molar-refractivity contribution in [3.8, 4) is 0 Å². The number of carboxylic acid groups (broad SMARTS) is 1. The minimum Gasteiger partial charge on any atom is -0.480 e. The quantitative estimate of drug-likeness (QED) is 0.578. The number of carbonyl (C=O) groups excluding carboxylic acids is 2. The van der Waals surface area contributed by atoms with E-state index in [0.717, 1.165) is 12.8 Å². The summed E-state index contributed by atoms with van der Waals surface area (Å²) < 4.78 is 0. The van der Waals surface area contributed by atoms with Crippen LogP contribution in [0.2, 0.25) is 0 Å². The first-order valence-corrected chi connectivity index (χ1v) is 6.87. The van der Waals surface area contributed by atoms with Crippen LogP contribution in [0.4, 0.5) is 4.79 Å². The summed E-state index contributed by atoms with van der Waals surface area (Å²) >= 11 is 0. The van der Waals surface area contributed by atoms with E-state index in [4.69, 9.17) is 5.11 Å². The summed E-state index contributed by atoms with van der Waals surface area (Å²) in [6, 6.07) is -0.539. The van der Waals surface area contributed by atoms with Crippen molar-refractivity contribution in [2.75, 3.05) is 26.2 Å². The summed E-state index contributed by atoms with van der Waals surface area (Å²) in [6.45, 7) is 6.66. The first-order chi connectivity index (χ1) is 9.35. The predicted molar refractivity (Wildman–Crippen MR) is 75.4 cm³/mol. The van der Waals surface area contributed by atoms with Crippen molar-refractivity contribution in [3.63, 3.8) is 0 Å². The summed E-state index contributed by atoms with van der Waals surface area (Å²) in [5, 5.41) is 13.5. The van der Waals surface area contributed by atoms with Crippen LogP contribution in [0.15, 0.2) is 0 Å². The molecule has 0 saturated carbocycles. The van der Waals surface area contributed by atoms with Gasteiger partial charge in [-0.25, -0.2) is 4.79 Å². The third-order valence-corrected chi connectivity index (χ3v) is 2.53. The summed E-state index contributed by atoms with van der Waals surface area (Å²) in [7, 11) is 0. The summed E-state index contributed by atoms with van der Waals surface area (Å²) in [5.41, 5.74) is 0. The molecule has 0 atom stereocenters. The van der Waals surface area contributed by atoms with E-state index in [0.29, 0.717) is 19.0 Å². The van der Waals surface area contributed by atoms with Crippen molar-refractivity contribution in [1.82, 2.24) is 15.5 Å². The van der Waals surface area contributed by atoms with Gasteiger partial charge in [0.05, 0.1) is 13.1 Å². The van der Waals surface area contributed by atoms with Crippen molar-refractivity contribution in [1.29, 1.82) is 0 Å². The van der Waals surface area contributed by atoms with Gasteiger partial charge in [-0.1, -0.05) is 20.8 Å². The van der Waals surface area contributed by atoms with Crippen LogP contribution in [0.5, 0.6) is 0 Å². The van der Waals surface area contributed by atoms with E-state index in [1.807, 2.05) is 20.8 Å². The lowest BCUT2D eigenvalue weighted by Gasteiger charge is -2.18. The highest BCUT2D eigenvalue weighted by Crippen LogP contribution is 1.96. The lowest BCUT2D eigenvalue weighted by atomic mass is 10.1. The fourth-order valence-electron chi connectivity index (χ4n) is 1.61. The molecule has 0 radical (unpaired) electrons. The normalized spacial score (nSPS) is 10.7. The zero-order valence-electron chi connectivity index (χ0n) is 12.4. The molecular weight excluding hydrogens is 262 g/mol. The zero-order chi connectivity index (χ0) is 15.5. The second-order valence-electron chi connectivity index (χ2n) is 5.09. The lowest BCUT2D eigenvalue weighted by molar-refractivity contribution is -0.138. The molecule has 3 N–H and O–H groups in total. The molecule has 0 saturated heterocycles. The van der Waals surface area contributed by atoms with Gasteiger partial charge in [0, 0.05) is 6.54 Å². The highest BCUT2D eigenvalue weighted by molar-refractivity contribution is 5.95. The Kier molecular flexibility index (Phi) is 9.36. The molecule has 0 spiro atoms. The Bertz CT molecular complexity index is 332. The van der Waals surface area contributed by atoms with Gasteiger partial charge in [-0.3, -0.25) is 19.8 Å². The third kappa shape index (κ3) is 10.3. The van der Waals surface area contributed by atoms with Crippen LogP contribution in [0.25, 0.3) is 0 Å². The molecule has 0 heterocycles. The number of nitrogens with zero attached hydrogens (tertiary/aromatic N) is 1. The van der Waals surface area contributed by atoms with E-state index < -0.39 is 17.9 Å². The molecule has 0 aromatic heterocycles. The van der Waals surface area contributed by atoms with E-state index in [-0.39, 0.29) is 13.1 Å². The SMILES string of the molecule is CCCN(CC(=O)O)CC(=O)NC(=O)NCCC(C)C. The van der Waals surface area contributed by atoms with Gasteiger partial charge in [0.15, 0.2) is 0 Å². The maximum Gasteiger partial charge on any atom is 0.321 e. The van der Waals surface area contributed by atoms with Crippen LogP contribution in [-0.4, -0.2) is 54.1 Å². The van der Waals surface area contributed by atoms with Gasteiger partial charge in [0.25, 0.3) is 0 Å². The zero-order valence-corrected chi connectivity index (χ0v) is 12.4. The third-order valence-electron chi connectivity index (χ3n) is 2.53. The van der Waals surface area contributed by atoms with Crippen molar-refractivity contribution >= 4 is 17.9 Å². The van der Waals surface area contributed by atoms with Gasteiger partial charge in [0.2, 0.25) is 5.91 Å². The molecule has 7 nitrogen and oxygen atoms in total. The first kappa shape index (κ1) is 18.4. The Morgan fingerprint density at radius 2 is 1.85 bits per heavy atom. The van der Waals surface area contributed by atoms with Crippen molar-refractivity contribution in [3.05, 3.63) is 0 Å². The van der Waals surface area contributed by atoms with Gasteiger partial charge in [-0.15, -0.1) is 0 Å². The molecule has 0 aliphatic carbocycles. The predicted octanol–water partition coefficient (Wildman–Crippen LogP) is 0.655. The molecule has 0 rings (SSSR count). The Labute approximate surface area is 119 Å². The smallest absolute Gasteiger partial charge is 0.321 e. The summed E-state index contributed by atoms with van der Waals surface area (Å²) in [4.78, 5) is 35.2. The molecule has 0 aromatic carbocycles. The molecule has 20 heavy (non-hydrogen) atoms. The van der Waals surface area contributed by atoms with Gasteiger partial charge >= 0.3 is 12.0 Å². The molecule has 0 aliphatic rings. The lowest BCUT2D eigenvalue weighted by Crippen LogP contribution is -2.46. The monoisotopic (exact) mass is 287 g/mol. The van der Waals surface area contributed by atoms with E-state index in [2.05, 4.69) is 10.6 Å². The number of hydrogen-bond donors (Lipinski definition) is 3. The molecule has 0 unspecified atom stereocenters. The van der Waals surface area contributed by atoms with Crippen molar-refractivity contribution in [2.24, 2.45) is 5.92 Å². The fraction of sp³-hybridized carbons (Fsp3) is 0.769. The second kappa shape index (κ2) is 10.2. The van der Waals surface area contributed by atoms with E-state index in [1.165, 1.54) is 4.90 Å². The number of aliphatic carboxylic acids is 1. The van der Waals surface area contributed by atoms with Gasteiger partial charge in [-0.2, -0.15) is 0 Å². The van der Waals surface area contributed by atoms with Crippen LogP contribution in [0.1, 0.15) is 33.6 Å². The van der Waals surface area contributed by atoms with Crippen LogP contribution in [-0.2, 0) is 9.59 Å². The van der Waals surface area contributed by atoms with Crippen LogP contribution in [0, 0.1) is 5.92 Å². The summed E-state index contributed by atoms with van der Waals surface area (Å²) in [5.74, 6) is -1.02.